The molecule has 2 aromatic rings. The van der Waals surface area contributed by atoms with Crippen LogP contribution in [0.1, 0.15) is 17.5 Å². The van der Waals surface area contributed by atoms with E-state index in [2.05, 4.69) is 5.32 Å². The zero-order chi connectivity index (χ0) is 21.9. The second-order valence-electron chi connectivity index (χ2n) is 6.23. The van der Waals surface area contributed by atoms with Crippen molar-refractivity contribution in [2.24, 2.45) is 0 Å². The highest BCUT2D eigenvalue weighted by atomic mass is 32.2. The lowest BCUT2D eigenvalue weighted by Gasteiger charge is -2.16. The van der Waals surface area contributed by atoms with Gasteiger partial charge in [-0.05, 0) is 24.3 Å². The van der Waals surface area contributed by atoms with Gasteiger partial charge in [0.15, 0.2) is 0 Å². The average Bonchev–Trinajstić information content (AvgIpc) is 2.94. The monoisotopic (exact) mass is 452 g/mol. The zero-order valence-corrected chi connectivity index (χ0v) is 16.9. The Labute approximate surface area is 179 Å². The van der Waals surface area contributed by atoms with E-state index in [0.717, 1.165) is 23.9 Å². The van der Waals surface area contributed by atoms with Crippen LogP contribution in [0.25, 0.3) is 6.08 Å². The van der Waals surface area contributed by atoms with Crippen molar-refractivity contribution in [1.82, 2.24) is 4.90 Å². The van der Waals surface area contributed by atoms with Crippen LogP contribution >= 0.6 is 24.0 Å². The minimum atomic E-state index is -4.60. The van der Waals surface area contributed by atoms with Crippen molar-refractivity contribution in [2.75, 3.05) is 11.9 Å². The fourth-order valence-electron chi connectivity index (χ4n) is 2.71. The van der Waals surface area contributed by atoms with Crippen LogP contribution in [0.2, 0.25) is 0 Å². The number of amides is 2. The molecule has 0 aliphatic carbocycles. The van der Waals surface area contributed by atoms with Gasteiger partial charge in [-0.25, -0.2) is 0 Å². The Kier molecular flexibility index (Phi) is 6.47. The van der Waals surface area contributed by atoms with Gasteiger partial charge in [0.05, 0.1) is 16.2 Å². The van der Waals surface area contributed by atoms with Crippen molar-refractivity contribution in [3.63, 3.8) is 0 Å². The fraction of sp³-hybridized carbons (Fsp3) is 0.150. The molecule has 1 aliphatic rings. The molecule has 156 valence electrons. The lowest BCUT2D eigenvalue weighted by molar-refractivity contribution is -0.137. The number of hydrogen-bond donors (Lipinski definition) is 2. The maximum atomic E-state index is 13.0. The molecule has 2 N–H and O–H groups in total. The molecule has 2 amide bonds. The number of nitrogens with one attached hydrogen (secondary N) is 1. The molecule has 10 heteroatoms. The topological polar surface area (TPSA) is 69.6 Å². The number of carbonyl (C=O) groups is 2. The number of halogens is 3. The van der Waals surface area contributed by atoms with Crippen molar-refractivity contribution in [3.8, 4) is 5.75 Å². The SMILES string of the molecule is O=C(CCN1C(=O)/C(=C/c2ccccc2O)SC1=S)Nc1ccccc1C(F)(F)F. The third kappa shape index (κ3) is 5.00. The zero-order valence-electron chi connectivity index (χ0n) is 15.3. The van der Waals surface area contributed by atoms with Gasteiger partial charge in [-0.1, -0.05) is 54.3 Å². The number of thioether (sulfide) groups is 1. The highest BCUT2D eigenvalue weighted by Crippen LogP contribution is 2.35. The average molecular weight is 452 g/mol. The maximum absolute atomic E-state index is 13.0. The highest BCUT2D eigenvalue weighted by molar-refractivity contribution is 8.26. The summed E-state index contributed by atoms with van der Waals surface area (Å²) < 4.78 is 39.3. The molecule has 0 spiro atoms. The molecule has 1 aliphatic heterocycles. The molecule has 1 saturated heterocycles. The highest BCUT2D eigenvalue weighted by Gasteiger charge is 2.34. The summed E-state index contributed by atoms with van der Waals surface area (Å²) in [5.41, 5.74) is -0.853. The molecule has 3 rings (SSSR count). The first-order chi connectivity index (χ1) is 14.2. The van der Waals surface area contributed by atoms with Gasteiger partial charge in [-0.2, -0.15) is 13.2 Å². The normalized spacial score (nSPS) is 15.7. The Morgan fingerprint density at radius 2 is 1.83 bits per heavy atom. The first-order valence-corrected chi connectivity index (χ1v) is 9.88. The summed E-state index contributed by atoms with van der Waals surface area (Å²) >= 11 is 6.20. The Morgan fingerprint density at radius 1 is 1.17 bits per heavy atom. The summed E-state index contributed by atoms with van der Waals surface area (Å²) in [6.45, 7) is -0.0806. The summed E-state index contributed by atoms with van der Waals surface area (Å²) in [6, 6.07) is 11.1. The number of carbonyl (C=O) groups excluding carboxylic acids is 2. The van der Waals surface area contributed by atoms with E-state index in [1.165, 1.54) is 29.2 Å². The number of thiocarbonyl (C=S) groups is 1. The van der Waals surface area contributed by atoms with E-state index in [1.807, 2.05) is 0 Å². The molecule has 5 nitrogen and oxygen atoms in total. The van der Waals surface area contributed by atoms with E-state index in [-0.39, 0.29) is 33.6 Å². The number of hydrogen-bond acceptors (Lipinski definition) is 5. The summed E-state index contributed by atoms with van der Waals surface area (Å²) in [4.78, 5) is 26.2. The number of benzene rings is 2. The first-order valence-electron chi connectivity index (χ1n) is 8.66. The molecule has 0 radical (unpaired) electrons. The number of nitrogens with zero attached hydrogens (tertiary/aromatic N) is 1. The van der Waals surface area contributed by atoms with Crippen LogP contribution < -0.4 is 5.32 Å². The second-order valence-corrected chi connectivity index (χ2v) is 7.91. The van der Waals surface area contributed by atoms with E-state index >= 15 is 0 Å². The minimum Gasteiger partial charge on any atom is -0.507 e. The van der Waals surface area contributed by atoms with E-state index in [1.54, 1.807) is 18.2 Å². The number of rotatable bonds is 5. The third-order valence-electron chi connectivity index (χ3n) is 4.17. The van der Waals surface area contributed by atoms with Crippen molar-refractivity contribution in [1.29, 1.82) is 0 Å². The smallest absolute Gasteiger partial charge is 0.418 e. The van der Waals surface area contributed by atoms with Crippen LogP contribution in [0.3, 0.4) is 0 Å². The van der Waals surface area contributed by atoms with Crippen LogP contribution in [0.4, 0.5) is 18.9 Å². The Bertz CT molecular complexity index is 1040. The van der Waals surface area contributed by atoms with E-state index in [4.69, 9.17) is 12.2 Å². The van der Waals surface area contributed by atoms with E-state index < -0.39 is 23.6 Å². The summed E-state index contributed by atoms with van der Waals surface area (Å²) in [7, 11) is 0. The van der Waals surface area contributed by atoms with Crippen LogP contribution in [-0.2, 0) is 15.8 Å². The van der Waals surface area contributed by atoms with Gasteiger partial charge in [-0.15, -0.1) is 0 Å². The summed E-state index contributed by atoms with van der Waals surface area (Å²) in [5, 5.41) is 12.1. The molecule has 1 heterocycles. The predicted octanol–water partition coefficient (Wildman–Crippen LogP) is 4.64. The van der Waals surface area contributed by atoms with Crippen molar-refractivity contribution in [2.45, 2.75) is 12.6 Å². The number of aromatic hydroxyl groups is 1. The number of phenols is 1. The molecular formula is C20H15F3N2O3S2. The Morgan fingerprint density at radius 3 is 2.53 bits per heavy atom. The van der Waals surface area contributed by atoms with Gasteiger partial charge < -0.3 is 10.4 Å². The molecule has 0 unspecified atom stereocenters. The standard InChI is InChI=1S/C20H15F3N2O3S2/c21-20(22,23)13-6-2-3-7-14(13)24-17(27)9-10-25-18(28)16(30-19(25)29)11-12-5-1-4-8-15(12)26/h1-8,11,26H,9-10H2,(H,24,27)/b16-11-. The quantitative estimate of drug-likeness (QED) is 0.511. The van der Waals surface area contributed by atoms with E-state index in [0.29, 0.717) is 5.56 Å². The molecular weight excluding hydrogens is 437 g/mol. The first kappa shape index (κ1) is 21.8. The molecule has 0 saturated carbocycles. The van der Waals surface area contributed by atoms with Crippen LogP contribution in [0.5, 0.6) is 5.75 Å². The maximum Gasteiger partial charge on any atom is 0.418 e. The largest absolute Gasteiger partial charge is 0.507 e. The van der Waals surface area contributed by atoms with Gasteiger partial charge in [0.1, 0.15) is 10.1 Å². The van der Waals surface area contributed by atoms with Crippen LogP contribution in [0, 0.1) is 0 Å². The minimum absolute atomic E-state index is 0.00507. The molecule has 2 aromatic carbocycles. The van der Waals surface area contributed by atoms with Gasteiger partial charge in [0.2, 0.25) is 5.91 Å². The van der Waals surface area contributed by atoms with Gasteiger partial charge in [-0.3, -0.25) is 14.5 Å². The number of anilines is 1. The van der Waals surface area contributed by atoms with E-state index in [9.17, 15) is 27.9 Å². The lowest BCUT2D eigenvalue weighted by Crippen LogP contribution is -2.31. The molecule has 0 bridgehead atoms. The van der Waals surface area contributed by atoms with Gasteiger partial charge >= 0.3 is 6.18 Å². The summed E-state index contributed by atoms with van der Waals surface area (Å²) in [6.07, 6.45) is -3.34. The number of para-hydroxylation sites is 2. The molecule has 30 heavy (non-hydrogen) atoms. The van der Waals surface area contributed by atoms with Crippen molar-refractivity contribution in [3.05, 3.63) is 64.6 Å². The van der Waals surface area contributed by atoms with Crippen molar-refractivity contribution >= 4 is 51.9 Å². The van der Waals surface area contributed by atoms with Gasteiger partial charge in [0, 0.05) is 18.5 Å². The second kappa shape index (κ2) is 8.88. The fourth-order valence-corrected chi connectivity index (χ4v) is 4.01. The van der Waals surface area contributed by atoms with Crippen molar-refractivity contribution < 1.29 is 27.9 Å². The Hall–Kier alpha value is -2.85. The molecule has 0 atom stereocenters. The number of alkyl halides is 3. The predicted molar refractivity (Wildman–Crippen MR) is 113 cm³/mol. The molecule has 1 fully saturated rings. The summed E-state index contributed by atoms with van der Waals surface area (Å²) in [5.74, 6) is -1.10. The third-order valence-corrected chi connectivity index (χ3v) is 5.54. The Balaban J connectivity index is 1.65. The van der Waals surface area contributed by atoms with Crippen LogP contribution in [-0.4, -0.2) is 32.7 Å². The lowest BCUT2D eigenvalue weighted by atomic mass is 10.1. The van der Waals surface area contributed by atoms with Gasteiger partial charge in [0.25, 0.3) is 5.91 Å². The molecule has 0 aromatic heterocycles. The number of phenolic OH excluding ortho intramolecular Hbond substituents is 1. The van der Waals surface area contributed by atoms with Crippen LogP contribution in [0.15, 0.2) is 53.4 Å².